The Morgan fingerprint density at radius 3 is 2.95 bits per heavy atom. The second-order valence-corrected chi connectivity index (χ2v) is 5.64. The van der Waals surface area contributed by atoms with Crippen LogP contribution in [0.1, 0.15) is 23.0 Å². The average Bonchev–Trinajstić information content (AvgIpc) is 2.77. The van der Waals surface area contributed by atoms with E-state index in [9.17, 15) is 4.79 Å². The molecule has 0 spiro atoms. The molecule has 0 atom stereocenters. The maximum Gasteiger partial charge on any atom is 0.192 e. The highest BCUT2D eigenvalue weighted by Gasteiger charge is 2.16. The van der Waals surface area contributed by atoms with E-state index in [4.69, 9.17) is 11.6 Å². The molecule has 0 radical (unpaired) electrons. The summed E-state index contributed by atoms with van der Waals surface area (Å²) in [7, 11) is 0. The maximum absolute atomic E-state index is 12.2. The van der Waals surface area contributed by atoms with Crippen molar-refractivity contribution in [1.29, 1.82) is 0 Å². The van der Waals surface area contributed by atoms with Crippen molar-refractivity contribution in [3.8, 4) is 0 Å². The van der Waals surface area contributed by atoms with Crippen LogP contribution in [0.4, 0.5) is 0 Å². The van der Waals surface area contributed by atoms with Gasteiger partial charge in [0.1, 0.15) is 5.69 Å². The third-order valence-electron chi connectivity index (χ3n) is 2.72. The van der Waals surface area contributed by atoms with Gasteiger partial charge in [-0.3, -0.25) is 9.48 Å². The summed E-state index contributed by atoms with van der Waals surface area (Å²) in [6.45, 7) is 4.62. The van der Waals surface area contributed by atoms with Crippen LogP contribution in [0, 0.1) is 6.92 Å². The van der Waals surface area contributed by atoms with Gasteiger partial charge in [0.15, 0.2) is 5.78 Å². The van der Waals surface area contributed by atoms with Gasteiger partial charge in [-0.1, -0.05) is 29.3 Å². The minimum absolute atomic E-state index is 0.0101. The molecule has 0 aliphatic heterocycles. The van der Waals surface area contributed by atoms with E-state index < -0.39 is 0 Å². The summed E-state index contributed by atoms with van der Waals surface area (Å²) in [5.74, 6) is 0.380. The van der Waals surface area contributed by atoms with Crippen LogP contribution in [0.2, 0.25) is 5.02 Å². The van der Waals surface area contributed by atoms with Crippen LogP contribution in [0.5, 0.6) is 0 Å². The molecule has 3 nitrogen and oxygen atoms in total. The highest BCUT2D eigenvalue weighted by molar-refractivity contribution is 8.00. The van der Waals surface area contributed by atoms with E-state index in [1.807, 2.05) is 32.0 Å². The molecule has 2 aromatic rings. The Hall–Kier alpha value is -1.26. The number of benzene rings is 1. The number of ketones is 1. The molecule has 0 aliphatic carbocycles. The molecule has 100 valence electrons. The molecule has 5 heteroatoms. The third-order valence-corrected chi connectivity index (χ3v) is 3.99. The number of hydrogen-bond donors (Lipinski definition) is 0. The summed E-state index contributed by atoms with van der Waals surface area (Å²) < 4.78 is 1.64. The van der Waals surface area contributed by atoms with Crippen LogP contribution >= 0.6 is 23.4 Å². The smallest absolute Gasteiger partial charge is 0.192 e. The van der Waals surface area contributed by atoms with E-state index in [1.165, 1.54) is 23.5 Å². The first-order chi connectivity index (χ1) is 9.11. The molecule has 2 rings (SSSR count). The molecule has 0 N–H and O–H groups in total. The van der Waals surface area contributed by atoms with Gasteiger partial charge in [0.05, 0.1) is 17.0 Å². The third kappa shape index (κ3) is 3.39. The van der Waals surface area contributed by atoms with E-state index in [0.29, 0.717) is 23.0 Å². The summed E-state index contributed by atoms with van der Waals surface area (Å²) in [5, 5.41) is 4.51. The first kappa shape index (κ1) is 14.2. The topological polar surface area (TPSA) is 34.9 Å². The van der Waals surface area contributed by atoms with E-state index in [2.05, 4.69) is 11.2 Å². The fraction of sp³-hybridized carbons (Fsp3) is 0.286. The molecule has 0 amide bonds. The lowest BCUT2D eigenvalue weighted by atomic mass is 10.2. The Morgan fingerprint density at radius 1 is 1.47 bits per heavy atom. The molecule has 1 aromatic carbocycles. The summed E-state index contributed by atoms with van der Waals surface area (Å²) in [6.07, 6.45) is 1.52. The standard InChI is InChI=1S/C14H15ClN2OS/c1-3-17-14(12(15)8-16-17)13(18)9-19-11-6-4-5-10(2)7-11/h4-8H,3,9H2,1-2H3. The van der Waals surface area contributed by atoms with Crippen molar-refractivity contribution in [2.24, 2.45) is 0 Å². The fourth-order valence-corrected chi connectivity index (χ4v) is 2.93. The molecule has 1 aromatic heterocycles. The number of aromatic nitrogens is 2. The summed E-state index contributed by atoms with van der Waals surface area (Å²) in [6, 6.07) is 8.10. The molecule has 0 aliphatic rings. The minimum atomic E-state index is 0.0101. The Morgan fingerprint density at radius 2 is 2.26 bits per heavy atom. The SMILES string of the molecule is CCn1ncc(Cl)c1C(=O)CSc1cccc(C)c1. The molecule has 0 bridgehead atoms. The molecule has 19 heavy (non-hydrogen) atoms. The lowest BCUT2D eigenvalue weighted by Crippen LogP contribution is -2.11. The number of hydrogen-bond acceptors (Lipinski definition) is 3. The van der Waals surface area contributed by atoms with Crippen molar-refractivity contribution in [3.63, 3.8) is 0 Å². The summed E-state index contributed by atoms with van der Waals surface area (Å²) in [4.78, 5) is 13.3. The number of rotatable bonds is 5. The lowest BCUT2D eigenvalue weighted by Gasteiger charge is -2.05. The molecular formula is C14H15ClN2OS. The highest BCUT2D eigenvalue weighted by atomic mass is 35.5. The van der Waals surface area contributed by atoms with Gasteiger partial charge in [0, 0.05) is 11.4 Å². The van der Waals surface area contributed by atoms with Crippen molar-refractivity contribution in [2.45, 2.75) is 25.3 Å². The Labute approximate surface area is 122 Å². The second kappa shape index (κ2) is 6.26. The first-order valence-corrected chi connectivity index (χ1v) is 7.42. The van der Waals surface area contributed by atoms with Crippen LogP contribution in [-0.2, 0) is 6.54 Å². The zero-order valence-electron chi connectivity index (χ0n) is 10.9. The zero-order valence-corrected chi connectivity index (χ0v) is 12.5. The van der Waals surface area contributed by atoms with Gasteiger partial charge in [-0.15, -0.1) is 11.8 Å². The van der Waals surface area contributed by atoms with Crippen molar-refractivity contribution in [1.82, 2.24) is 9.78 Å². The molecule has 1 heterocycles. The number of thioether (sulfide) groups is 1. The van der Waals surface area contributed by atoms with Crippen LogP contribution in [-0.4, -0.2) is 21.3 Å². The van der Waals surface area contributed by atoms with E-state index in [1.54, 1.807) is 4.68 Å². The summed E-state index contributed by atoms with van der Waals surface area (Å²) in [5.41, 5.74) is 1.69. The molecule has 0 unspecified atom stereocenters. The van der Waals surface area contributed by atoms with Crippen molar-refractivity contribution >= 4 is 29.1 Å². The van der Waals surface area contributed by atoms with Gasteiger partial charge in [-0.25, -0.2) is 0 Å². The largest absolute Gasteiger partial charge is 0.291 e. The zero-order chi connectivity index (χ0) is 13.8. The van der Waals surface area contributed by atoms with E-state index >= 15 is 0 Å². The van der Waals surface area contributed by atoms with Gasteiger partial charge >= 0.3 is 0 Å². The highest BCUT2D eigenvalue weighted by Crippen LogP contribution is 2.22. The first-order valence-electron chi connectivity index (χ1n) is 6.05. The van der Waals surface area contributed by atoms with Gasteiger partial charge in [0.2, 0.25) is 0 Å². The van der Waals surface area contributed by atoms with Crippen LogP contribution in [0.25, 0.3) is 0 Å². The molecule has 0 saturated heterocycles. The van der Waals surface area contributed by atoms with Crippen LogP contribution in [0.3, 0.4) is 0 Å². The number of nitrogens with zero attached hydrogens (tertiary/aromatic N) is 2. The van der Waals surface area contributed by atoms with Crippen molar-refractivity contribution in [2.75, 3.05) is 5.75 Å². The number of carbonyl (C=O) groups is 1. The Balaban J connectivity index is 2.07. The number of Topliss-reactive ketones (excluding diaryl/α,β-unsaturated/α-hetero) is 1. The predicted octanol–water partition coefficient (Wildman–Crippen LogP) is 3.84. The van der Waals surface area contributed by atoms with Crippen molar-refractivity contribution < 1.29 is 4.79 Å². The van der Waals surface area contributed by atoms with Crippen molar-refractivity contribution in [3.05, 3.63) is 46.7 Å². The Bertz CT molecular complexity index is 595. The van der Waals surface area contributed by atoms with E-state index in [0.717, 1.165) is 4.90 Å². The maximum atomic E-state index is 12.2. The summed E-state index contributed by atoms with van der Waals surface area (Å²) >= 11 is 7.53. The predicted molar refractivity (Wildman–Crippen MR) is 79.1 cm³/mol. The quantitative estimate of drug-likeness (QED) is 0.621. The average molecular weight is 295 g/mol. The minimum Gasteiger partial charge on any atom is -0.291 e. The molecule has 0 fully saturated rings. The Kier molecular flexibility index (Phi) is 4.66. The lowest BCUT2D eigenvalue weighted by molar-refractivity contribution is 0.101. The fourth-order valence-electron chi connectivity index (χ4n) is 1.80. The van der Waals surface area contributed by atoms with E-state index in [-0.39, 0.29) is 5.78 Å². The van der Waals surface area contributed by atoms with Gasteiger partial charge in [-0.05, 0) is 26.0 Å². The monoisotopic (exact) mass is 294 g/mol. The number of carbonyl (C=O) groups excluding carboxylic acids is 1. The van der Waals surface area contributed by atoms with Gasteiger partial charge < -0.3 is 0 Å². The number of halogens is 1. The van der Waals surface area contributed by atoms with Crippen LogP contribution < -0.4 is 0 Å². The number of aryl methyl sites for hydroxylation is 2. The van der Waals surface area contributed by atoms with Gasteiger partial charge in [-0.2, -0.15) is 5.10 Å². The molecule has 0 saturated carbocycles. The van der Waals surface area contributed by atoms with Crippen LogP contribution in [0.15, 0.2) is 35.4 Å². The normalized spacial score (nSPS) is 10.7. The van der Waals surface area contributed by atoms with Gasteiger partial charge in [0.25, 0.3) is 0 Å². The molecular weight excluding hydrogens is 280 g/mol. The second-order valence-electron chi connectivity index (χ2n) is 4.19.